The first-order chi connectivity index (χ1) is 8.99. The molecule has 0 aromatic heterocycles. The maximum absolute atomic E-state index is 12.3. The topological polar surface area (TPSA) is 58.2 Å². The molecule has 0 unspecified atom stereocenters. The molecule has 1 aliphatic rings. The summed E-state index contributed by atoms with van der Waals surface area (Å²) in [6.45, 7) is 5.87. The molecular weight excluding hydrogens is 296 g/mol. The number of nitrogens with one attached hydrogen (secondary N) is 2. The molecule has 0 spiro atoms. The number of hydrogen-bond donors (Lipinski definition) is 2. The average Bonchev–Trinajstić information content (AvgIpc) is 2.39. The first-order valence-electron chi connectivity index (χ1n) is 6.82. The summed E-state index contributed by atoms with van der Waals surface area (Å²) in [6.07, 6.45) is 1.70. The molecule has 0 radical (unpaired) electrons. The Labute approximate surface area is 127 Å². The summed E-state index contributed by atoms with van der Waals surface area (Å²) in [4.78, 5) is 0.372. The molecule has 0 saturated carbocycles. The third-order valence-corrected chi connectivity index (χ3v) is 5.01. The third kappa shape index (κ3) is 4.45. The Hall–Kier alpha value is -0.620. The summed E-state index contributed by atoms with van der Waals surface area (Å²) >= 11 is 0. The van der Waals surface area contributed by atoms with Crippen molar-refractivity contribution in [1.82, 2.24) is 10.0 Å². The fourth-order valence-electron chi connectivity index (χ4n) is 2.27. The summed E-state index contributed by atoms with van der Waals surface area (Å²) in [6, 6.07) is 7.26. The van der Waals surface area contributed by atoms with E-state index in [9.17, 15) is 8.42 Å². The molecule has 1 aromatic carbocycles. The summed E-state index contributed by atoms with van der Waals surface area (Å²) in [5.41, 5.74) is 1.05. The van der Waals surface area contributed by atoms with Crippen LogP contribution in [0.4, 0.5) is 0 Å². The monoisotopic (exact) mass is 318 g/mol. The molecule has 0 amide bonds. The Bertz CT molecular complexity index is 526. The Kier molecular flexibility index (Phi) is 6.45. The van der Waals surface area contributed by atoms with Crippen LogP contribution in [0.25, 0.3) is 0 Å². The quantitative estimate of drug-likeness (QED) is 0.895. The molecule has 1 aromatic rings. The van der Waals surface area contributed by atoms with Gasteiger partial charge in [0.2, 0.25) is 10.0 Å². The van der Waals surface area contributed by atoms with E-state index in [1.807, 2.05) is 12.1 Å². The number of piperidine rings is 1. The van der Waals surface area contributed by atoms with Crippen molar-refractivity contribution in [2.45, 2.75) is 43.5 Å². The minimum atomic E-state index is -3.39. The van der Waals surface area contributed by atoms with Gasteiger partial charge in [-0.1, -0.05) is 26.0 Å². The maximum Gasteiger partial charge on any atom is 0.240 e. The van der Waals surface area contributed by atoms with Crippen molar-refractivity contribution in [2.75, 3.05) is 13.1 Å². The van der Waals surface area contributed by atoms with Crippen molar-refractivity contribution in [3.05, 3.63) is 29.8 Å². The number of sulfonamides is 1. The van der Waals surface area contributed by atoms with Gasteiger partial charge in [-0.3, -0.25) is 0 Å². The van der Waals surface area contributed by atoms with Crippen LogP contribution in [0.3, 0.4) is 0 Å². The number of halogens is 1. The summed E-state index contributed by atoms with van der Waals surface area (Å²) in [5.74, 6) is 0.328. The van der Waals surface area contributed by atoms with Crippen molar-refractivity contribution in [2.24, 2.45) is 0 Å². The largest absolute Gasteiger partial charge is 0.317 e. The number of hydrogen-bond acceptors (Lipinski definition) is 3. The van der Waals surface area contributed by atoms with Crippen molar-refractivity contribution in [3.63, 3.8) is 0 Å². The van der Waals surface area contributed by atoms with Gasteiger partial charge in [0.05, 0.1) is 4.90 Å². The fraction of sp³-hybridized carbons (Fsp3) is 0.571. The molecule has 6 heteroatoms. The zero-order chi connectivity index (χ0) is 13.9. The molecular formula is C14H23ClN2O2S. The molecule has 4 nitrogen and oxygen atoms in total. The van der Waals surface area contributed by atoms with Crippen molar-refractivity contribution in [1.29, 1.82) is 0 Å². The SMILES string of the molecule is CC(C)c1cccc(S(=O)(=O)NC2CCNCC2)c1.Cl. The van der Waals surface area contributed by atoms with Crippen molar-refractivity contribution in [3.8, 4) is 0 Å². The predicted octanol–water partition coefficient (Wildman–Crippen LogP) is 2.26. The molecule has 1 saturated heterocycles. The van der Waals surface area contributed by atoms with Crippen LogP contribution in [-0.4, -0.2) is 27.5 Å². The highest BCUT2D eigenvalue weighted by Crippen LogP contribution is 2.19. The van der Waals surface area contributed by atoms with E-state index in [4.69, 9.17) is 0 Å². The van der Waals surface area contributed by atoms with E-state index in [0.29, 0.717) is 10.8 Å². The van der Waals surface area contributed by atoms with Gasteiger partial charge in [-0.05, 0) is 49.5 Å². The van der Waals surface area contributed by atoms with Crippen LogP contribution < -0.4 is 10.0 Å². The van der Waals surface area contributed by atoms with Gasteiger partial charge in [0.1, 0.15) is 0 Å². The maximum atomic E-state index is 12.3. The second-order valence-electron chi connectivity index (χ2n) is 5.37. The molecule has 114 valence electrons. The van der Waals surface area contributed by atoms with E-state index in [0.717, 1.165) is 31.5 Å². The Morgan fingerprint density at radius 2 is 1.90 bits per heavy atom. The average molecular weight is 319 g/mol. The third-order valence-electron chi connectivity index (χ3n) is 3.50. The highest BCUT2D eigenvalue weighted by atomic mass is 35.5. The van der Waals surface area contributed by atoms with Crippen LogP contribution in [0, 0.1) is 0 Å². The standard InChI is InChI=1S/C14H22N2O2S.ClH/c1-11(2)12-4-3-5-14(10-12)19(17,18)16-13-6-8-15-9-7-13;/h3-5,10-11,13,15-16H,6-9H2,1-2H3;1H. The lowest BCUT2D eigenvalue weighted by Crippen LogP contribution is -2.42. The Balaban J connectivity index is 0.00000200. The lowest BCUT2D eigenvalue weighted by Gasteiger charge is -2.23. The highest BCUT2D eigenvalue weighted by Gasteiger charge is 2.21. The van der Waals surface area contributed by atoms with E-state index >= 15 is 0 Å². The first kappa shape index (κ1) is 17.4. The van der Waals surface area contributed by atoms with Gasteiger partial charge in [-0.15, -0.1) is 12.4 Å². The molecule has 1 heterocycles. The normalized spacial score (nSPS) is 16.9. The molecule has 0 aliphatic carbocycles. The van der Waals surface area contributed by atoms with Crippen molar-refractivity contribution < 1.29 is 8.42 Å². The fourth-order valence-corrected chi connectivity index (χ4v) is 3.63. The zero-order valence-electron chi connectivity index (χ0n) is 11.9. The highest BCUT2D eigenvalue weighted by molar-refractivity contribution is 7.89. The van der Waals surface area contributed by atoms with Crippen LogP contribution in [-0.2, 0) is 10.0 Å². The van der Waals surface area contributed by atoms with Gasteiger partial charge in [-0.2, -0.15) is 0 Å². The second-order valence-corrected chi connectivity index (χ2v) is 7.09. The molecule has 0 bridgehead atoms. The van der Waals surface area contributed by atoms with Crippen LogP contribution in [0.15, 0.2) is 29.2 Å². The van der Waals surface area contributed by atoms with Gasteiger partial charge in [0.25, 0.3) is 0 Å². The Morgan fingerprint density at radius 3 is 2.50 bits per heavy atom. The molecule has 2 N–H and O–H groups in total. The van der Waals surface area contributed by atoms with Gasteiger partial charge in [-0.25, -0.2) is 13.1 Å². The minimum absolute atomic E-state index is 0. The van der Waals surface area contributed by atoms with Crippen LogP contribution in [0.5, 0.6) is 0 Å². The lowest BCUT2D eigenvalue weighted by molar-refractivity contribution is 0.427. The van der Waals surface area contributed by atoms with E-state index in [1.54, 1.807) is 12.1 Å². The molecule has 1 aliphatic heterocycles. The van der Waals surface area contributed by atoms with E-state index in [-0.39, 0.29) is 18.4 Å². The van der Waals surface area contributed by atoms with E-state index in [2.05, 4.69) is 23.9 Å². The lowest BCUT2D eigenvalue weighted by atomic mass is 10.0. The van der Waals surface area contributed by atoms with Crippen LogP contribution >= 0.6 is 12.4 Å². The summed E-state index contributed by atoms with van der Waals surface area (Å²) < 4.78 is 27.5. The molecule has 0 atom stereocenters. The van der Waals surface area contributed by atoms with E-state index < -0.39 is 10.0 Å². The predicted molar refractivity (Wildman–Crippen MR) is 84.0 cm³/mol. The zero-order valence-corrected chi connectivity index (χ0v) is 13.6. The Morgan fingerprint density at radius 1 is 1.25 bits per heavy atom. The number of rotatable bonds is 4. The molecule has 2 rings (SSSR count). The van der Waals surface area contributed by atoms with Gasteiger partial charge >= 0.3 is 0 Å². The van der Waals surface area contributed by atoms with Gasteiger partial charge in [0, 0.05) is 6.04 Å². The van der Waals surface area contributed by atoms with Crippen LogP contribution in [0.2, 0.25) is 0 Å². The van der Waals surface area contributed by atoms with Crippen molar-refractivity contribution >= 4 is 22.4 Å². The summed E-state index contributed by atoms with van der Waals surface area (Å²) in [7, 11) is -3.39. The van der Waals surface area contributed by atoms with Gasteiger partial charge < -0.3 is 5.32 Å². The van der Waals surface area contributed by atoms with Gasteiger partial charge in [0.15, 0.2) is 0 Å². The first-order valence-corrected chi connectivity index (χ1v) is 8.30. The van der Waals surface area contributed by atoms with Crippen LogP contribution in [0.1, 0.15) is 38.2 Å². The molecule has 20 heavy (non-hydrogen) atoms. The minimum Gasteiger partial charge on any atom is -0.317 e. The smallest absolute Gasteiger partial charge is 0.240 e. The van der Waals surface area contributed by atoms with E-state index in [1.165, 1.54) is 0 Å². The number of benzene rings is 1. The summed E-state index contributed by atoms with van der Waals surface area (Å²) in [5, 5.41) is 3.23. The second kappa shape index (κ2) is 7.41. The molecule has 1 fully saturated rings.